The highest BCUT2D eigenvalue weighted by molar-refractivity contribution is 9.10. The fourth-order valence-electron chi connectivity index (χ4n) is 6.68. The normalized spacial score (nSPS) is 22.7. The lowest BCUT2D eigenvalue weighted by Gasteiger charge is -2.18. The molecule has 7 nitrogen and oxygen atoms in total. The number of imide groups is 1. The molecule has 0 radical (unpaired) electrons. The molecule has 1 aromatic heterocycles. The summed E-state index contributed by atoms with van der Waals surface area (Å²) in [6.45, 7) is 3.50. The van der Waals surface area contributed by atoms with Crippen LogP contribution in [0.2, 0.25) is 0 Å². The van der Waals surface area contributed by atoms with E-state index in [0.29, 0.717) is 33.4 Å². The summed E-state index contributed by atoms with van der Waals surface area (Å²) in [6.07, 6.45) is 4.05. The van der Waals surface area contributed by atoms with Crippen LogP contribution in [0.1, 0.15) is 39.6 Å². The molecule has 3 aliphatic rings. The minimum Gasteiger partial charge on any atom is -0.451 e. The van der Waals surface area contributed by atoms with Crippen molar-refractivity contribution in [3.05, 3.63) is 106 Å². The molecule has 0 N–H and O–H groups in total. The number of ketones is 1. The van der Waals surface area contributed by atoms with Crippen molar-refractivity contribution < 1.29 is 23.9 Å². The number of esters is 1. The first-order chi connectivity index (χ1) is 20.7. The molecular weight excluding hydrogens is 608 g/mol. The van der Waals surface area contributed by atoms with E-state index in [2.05, 4.69) is 28.1 Å². The highest BCUT2D eigenvalue weighted by atomic mass is 79.9. The molecule has 8 heteroatoms. The van der Waals surface area contributed by atoms with Gasteiger partial charge in [-0.25, -0.2) is 9.78 Å². The number of hydrogen-bond donors (Lipinski definition) is 0. The zero-order valence-electron chi connectivity index (χ0n) is 23.5. The number of carbonyl (C=O) groups is 4. The van der Waals surface area contributed by atoms with Gasteiger partial charge in [-0.3, -0.25) is 19.3 Å². The van der Waals surface area contributed by atoms with Crippen LogP contribution in [0.25, 0.3) is 22.2 Å². The molecule has 0 spiro atoms. The first-order valence-corrected chi connectivity index (χ1v) is 15.1. The lowest BCUT2D eigenvalue weighted by atomic mass is 9.85. The van der Waals surface area contributed by atoms with Gasteiger partial charge in [0, 0.05) is 21.0 Å². The molecule has 1 saturated heterocycles. The van der Waals surface area contributed by atoms with Crippen LogP contribution in [-0.4, -0.2) is 34.7 Å². The maximum Gasteiger partial charge on any atom is 0.339 e. The third-order valence-corrected chi connectivity index (χ3v) is 9.36. The van der Waals surface area contributed by atoms with Gasteiger partial charge in [-0.15, -0.1) is 0 Å². The fourth-order valence-corrected chi connectivity index (χ4v) is 7.04. The Morgan fingerprint density at radius 1 is 0.907 bits per heavy atom. The molecule has 1 aliphatic heterocycles. The number of nitrogens with zero attached hydrogens (tertiary/aromatic N) is 2. The van der Waals surface area contributed by atoms with Gasteiger partial charge in [0.1, 0.15) is 0 Å². The average Bonchev–Trinajstić information content (AvgIpc) is 3.70. The van der Waals surface area contributed by atoms with E-state index in [0.717, 1.165) is 16.5 Å². The summed E-state index contributed by atoms with van der Waals surface area (Å²) in [5.41, 5.74) is 4.10. The number of pyridine rings is 1. The minimum atomic E-state index is -0.992. The number of ether oxygens (including phenoxy) is 1. The molecule has 2 fully saturated rings. The molecule has 0 unspecified atom stereocenters. The summed E-state index contributed by atoms with van der Waals surface area (Å²) in [5, 5.41) is 0.581. The van der Waals surface area contributed by atoms with Gasteiger partial charge >= 0.3 is 5.97 Å². The fraction of sp³-hybridized carbons (Fsp3) is 0.229. The second-order valence-corrected chi connectivity index (χ2v) is 12.5. The van der Waals surface area contributed by atoms with Crippen molar-refractivity contribution >= 4 is 56.1 Å². The largest absolute Gasteiger partial charge is 0.451 e. The van der Waals surface area contributed by atoms with Gasteiger partial charge in [0.15, 0.2) is 6.10 Å². The van der Waals surface area contributed by atoms with Crippen LogP contribution in [0.15, 0.2) is 89.4 Å². The van der Waals surface area contributed by atoms with Gasteiger partial charge in [0.05, 0.1) is 34.3 Å². The van der Waals surface area contributed by atoms with Crippen molar-refractivity contribution in [1.29, 1.82) is 0 Å². The Bertz CT molecular complexity index is 1830. The van der Waals surface area contributed by atoms with Crippen LogP contribution in [-0.2, 0) is 14.3 Å². The molecular formula is C35H27BrN2O5. The number of carbonyl (C=O) groups excluding carboxylic acids is 4. The predicted octanol–water partition coefficient (Wildman–Crippen LogP) is 6.71. The van der Waals surface area contributed by atoms with Crippen molar-refractivity contribution in [2.45, 2.75) is 26.4 Å². The minimum absolute atomic E-state index is 0.131. The SMILES string of the molecule is Cc1ccc(C(=O)[C@@H](C)OC(=O)c2cc(-c3ccc(N4C(=O)[C@@H]5[C@H](C4=O)[C@@H]4C=C[C@H]5C4)cc3)nc3ccc(Br)cc23)cc1. The summed E-state index contributed by atoms with van der Waals surface area (Å²) in [7, 11) is 0. The van der Waals surface area contributed by atoms with Gasteiger partial charge in [0.25, 0.3) is 0 Å². The first kappa shape index (κ1) is 27.4. The van der Waals surface area contributed by atoms with E-state index in [1.54, 1.807) is 61.5 Å². The third kappa shape index (κ3) is 4.61. The molecule has 2 heterocycles. The molecule has 2 bridgehead atoms. The highest BCUT2D eigenvalue weighted by Crippen LogP contribution is 2.53. The number of Topliss-reactive ketones (excluding diaryl/α,β-unsaturated/α-hetero) is 1. The zero-order chi connectivity index (χ0) is 30.0. The monoisotopic (exact) mass is 634 g/mol. The lowest BCUT2D eigenvalue weighted by Crippen LogP contribution is -2.32. The van der Waals surface area contributed by atoms with E-state index >= 15 is 0 Å². The number of hydrogen-bond acceptors (Lipinski definition) is 6. The predicted molar refractivity (Wildman–Crippen MR) is 165 cm³/mol. The van der Waals surface area contributed by atoms with E-state index in [4.69, 9.17) is 9.72 Å². The summed E-state index contributed by atoms with van der Waals surface area (Å²) < 4.78 is 6.44. The maximum absolute atomic E-state index is 13.5. The number of allylic oxidation sites excluding steroid dienone is 2. The molecule has 7 rings (SSSR count). The molecule has 43 heavy (non-hydrogen) atoms. The van der Waals surface area contributed by atoms with E-state index < -0.39 is 12.1 Å². The number of amides is 2. The Morgan fingerprint density at radius 2 is 1.56 bits per heavy atom. The quantitative estimate of drug-likeness (QED) is 0.101. The Kier molecular flexibility index (Phi) is 6.62. The van der Waals surface area contributed by atoms with Crippen LogP contribution in [0.5, 0.6) is 0 Å². The van der Waals surface area contributed by atoms with Gasteiger partial charge < -0.3 is 4.74 Å². The number of aryl methyl sites for hydroxylation is 1. The second-order valence-electron chi connectivity index (χ2n) is 11.6. The Hall–Kier alpha value is -4.43. The smallest absolute Gasteiger partial charge is 0.339 e. The van der Waals surface area contributed by atoms with Crippen molar-refractivity contribution in [1.82, 2.24) is 4.98 Å². The highest BCUT2D eigenvalue weighted by Gasteiger charge is 2.59. The number of aromatic nitrogens is 1. The number of benzene rings is 3. The summed E-state index contributed by atoms with van der Waals surface area (Å²) >= 11 is 3.47. The van der Waals surface area contributed by atoms with Crippen molar-refractivity contribution in [3.63, 3.8) is 0 Å². The maximum atomic E-state index is 13.5. The Balaban J connectivity index is 1.18. The molecule has 4 aromatic rings. The Morgan fingerprint density at radius 3 is 2.21 bits per heavy atom. The topological polar surface area (TPSA) is 93.6 Å². The van der Waals surface area contributed by atoms with Crippen molar-refractivity contribution in [2.24, 2.45) is 23.7 Å². The van der Waals surface area contributed by atoms with Crippen LogP contribution >= 0.6 is 15.9 Å². The summed E-state index contributed by atoms with van der Waals surface area (Å²) in [5.74, 6) is -1.44. The molecule has 2 aliphatic carbocycles. The Labute approximate surface area is 256 Å². The van der Waals surface area contributed by atoms with Gasteiger partial charge in [-0.1, -0.05) is 70.0 Å². The summed E-state index contributed by atoms with van der Waals surface area (Å²) in [6, 6.07) is 21.3. The van der Waals surface area contributed by atoms with Crippen LogP contribution < -0.4 is 4.90 Å². The number of halogens is 1. The van der Waals surface area contributed by atoms with E-state index in [1.165, 1.54) is 4.90 Å². The summed E-state index contributed by atoms with van der Waals surface area (Å²) in [4.78, 5) is 59.1. The number of fused-ring (bicyclic) bond motifs is 6. The number of rotatable bonds is 6. The van der Waals surface area contributed by atoms with Crippen molar-refractivity contribution in [3.8, 4) is 11.3 Å². The van der Waals surface area contributed by atoms with Gasteiger partial charge in [-0.2, -0.15) is 0 Å². The second kappa shape index (κ2) is 10.4. The zero-order valence-corrected chi connectivity index (χ0v) is 25.1. The average molecular weight is 636 g/mol. The standard InChI is InChI=1S/C35H27BrN2O5/c1-18-3-5-21(6-4-18)32(39)19(2)43-35(42)27-17-29(37-28-14-11-24(36)16-26(27)28)20-9-12-25(13-10-20)38-33(40)30-22-7-8-23(15-22)31(30)34(38)41/h3-14,16-17,19,22-23,30-31H,15H2,1-2H3/t19-,22-,23+,30-,31+/m1/s1. The van der Waals surface area contributed by atoms with E-state index in [1.807, 2.05) is 25.1 Å². The third-order valence-electron chi connectivity index (χ3n) is 8.87. The molecule has 214 valence electrons. The molecule has 3 aromatic carbocycles. The van der Waals surface area contributed by atoms with E-state index in [9.17, 15) is 19.2 Å². The first-order valence-electron chi connectivity index (χ1n) is 14.3. The lowest BCUT2D eigenvalue weighted by molar-refractivity contribution is -0.123. The molecule has 1 saturated carbocycles. The van der Waals surface area contributed by atoms with Crippen molar-refractivity contribution in [2.75, 3.05) is 4.90 Å². The van der Waals surface area contributed by atoms with Gasteiger partial charge in [0.2, 0.25) is 17.6 Å². The molecule has 5 atom stereocenters. The van der Waals surface area contributed by atoms with E-state index in [-0.39, 0.29) is 46.8 Å². The van der Waals surface area contributed by atoms with Gasteiger partial charge in [-0.05, 0) is 68.5 Å². The molecule has 2 amide bonds. The van der Waals surface area contributed by atoms with Crippen LogP contribution in [0.3, 0.4) is 0 Å². The number of anilines is 1. The van der Waals surface area contributed by atoms with Crippen LogP contribution in [0.4, 0.5) is 5.69 Å². The van der Waals surface area contributed by atoms with Crippen LogP contribution in [0, 0.1) is 30.6 Å².